The van der Waals surface area contributed by atoms with Crippen LogP contribution in [0.3, 0.4) is 0 Å². The fourth-order valence-electron chi connectivity index (χ4n) is 2.10. The van der Waals surface area contributed by atoms with Crippen molar-refractivity contribution in [3.63, 3.8) is 0 Å². The van der Waals surface area contributed by atoms with Crippen LogP contribution in [0, 0.1) is 11.8 Å². The van der Waals surface area contributed by atoms with E-state index in [1.807, 2.05) is 18.5 Å². The van der Waals surface area contributed by atoms with Gasteiger partial charge in [0.2, 0.25) is 0 Å². The summed E-state index contributed by atoms with van der Waals surface area (Å²) in [4.78, 5) is 4.12. The second kappa shape index (κ2) is 4.51. The first-order valence-corrected chi connectivity index (χ1v) is 5.67. The Balaban J connectivity index is 2.02. The van der Waals surface area contributed by atoms with E-state index in [0.717, 1.165) is 24.7 Å². The molecule has 0 fully saturated rings. The van der Waals surface area contributed by atoms with Gasteiger partial charge >= 0.3 is 0 Å². The first-order chi connectivity index (χ1) is 7.25. The zero-order chi connectivity index (χ0) is 10.7. The number of fused-ring (bicyclic) bond motifs is 1. The van der Waals surface area contributed by atoms with Gasteiger partial charge in [0.25, 0.3) is 0 Å². The molecule has 0 spiro atoms. The van der Waals surface area contributed by atoms with Crippen LogP contribution in [-0.2, 0) is 0 Å². The molecule has 1 aromatic heterocycles. The van der Waals surface area contributed by atoms with Gasteiger partial charge in [-0.3, -0.25) is 4.98 Å². The Bertz CT molecular complexity index is 295. The molecule has 3 heteroatoms. The molecule has 0 amide bonds. The summed E-state index contributed by atoms with van der Waals surface area (Å²) in [7, 11) is 0. The summed E-state index contributed by atoms with van der Waals surface area (Å²) >= 11 is 0. The third-order valence-corrected chi connectivity index (χ3v) is 2.79. The van der Waals surface area contributed by atoms with Gasteiger partial charge < -0.3 is 10.6 Å². The van der Waals surface area contributed by atoms with Gasteiger partial charge in [-0.05, 0) is 24.3 Å². The highest BCUT2D eigenvalue weighted by Gasteiger charge is 2.15. The van der Waals surface area contributed by atoms with Crippen LogP contribution in [-0.4, -0.2) is 18.1 Å². The summed E-state index contributed by atoms with van der Waals surface area (Å²) in [5.41, 5.74) is 2.31. The summed E-state index contributed by atoms with van der Waals surface area (Å²) < 4.78 is 0. The number of nitrogens with zero attached hydrogens (tertiary/aromatic N) is 1. The second-order valence-electron chi connectivity index (χ2n) is 4.68. The minimum atomic E-state index is 0.706. The third kappa shape index (κ3) is 2.61. The summed E-state index contributed by atoms with van der Waals surface area (Å²) in [6.07, 6.45) is 4.98. The van der Waals surface area contributed by atoms with Crippen molar-refractivity contribution in [2.45, 2.75) is 20.3 Å². The Morgan fingerprint density at radius 3 is 2.80 bits per heavy atom. The van der Waals surface area contributed by atoms with E-state index in [0.29, 0.717) is 5.92 Å². The van der Waals surface area contributed by atoms with Crippen LogP contribution in [0.5, 0.6) is 0 Å². The van der Waals surface area contributed by atoms with Gasteiger partial charge in [-0.15, -0.1) is 0 Å². The molecule has 0 radical (unpaired) electrons. The first kappa shape index (κ1) is 10.3. The lowest BCUT2D eigenvalue weighted by Crippen LogP contribution is -2.20. The molecule has 0 saturated heterocycles. The maximum atomic E-state index is 4.12. The summed E-state index contributed by atoms with van der Waals surface area (Å²) in [6.45, 7) is 6.66. The Kier molecular flexibility index (Phi) is 3.09. The molecule has 2 N–H and O–H groups in total. The largest absolute Gasteiger partial charge is 0.383 e. The molecule has 1 unspecified atom stereocenters. The fraction of sp³-hybridized carbons (Fsp3) is 0.583. The number of anilines is 2. The summed E-state index contributed by atoms with van der Waals surface area (Å²) in [5, 5.41) is 6.93. The van der Waals surface area contributed by atoms with Crippen molar-refractivity contribution in [3.05, 3.63) is 18.5 Å². The van der Waals surface area contributed by atoms with Crippen molar-refractivity contribution in [2.24, 2.45) is 11.8 Å². The van der Waals surface area contributed by atoms with E-state index < -0.39 is 0 Å². The van der Waals surface area contributed by atoms with Crippen LogP contribution in [0.25, 0.3) is 0 Å². The van der Waals surface area contributed by atoms with Crippen molar-refractivity contribution in [3.8, 4) is 0 Å². The van der Waals surface area contributed by atoms with E-state index in [2.05, 4.69) is 29.5 Å². The van der Waals surface area contributed by atoms with E-state index >= 15 is 0 Å². The van der Waals surface area contributed by atoms with E-state index in [-0.39, 0.29) is 0 Å². The predicted octanol–water partition coefficient (Wildman–Crippen LogP) is 2.58. The Morgan fingerprint density at radius 1 is 1.33 bits per heavy atom. The van der Waals surface area contributed by atoms with Gasteiger partial charge in [-0.25, -0.2) is 0 Å². The van der Waals surface area contributed by atoms with Crippen LogP contribution in [0.4, 0.5) is 11.4 Å². The molecule has 0 aromatic carbocycles. The maximum Gasteiger partial charge on any atom is 0.0762 e. The molecule has 15 heavy (non-hydrogen) atoms. The number of pyridine rings is 1. The maximum absolute atomic E-state index is 4.12. The standard InChI is InChI=1S/C12H19N3/c1-9(2)5-10-6-14-11-3-4-13-8-12(11)15-7-10/h3-4,8-10,14-15H,5-7H2,1-2H3. The molecule has 1 aromatic rings. The molecule has 1 atom stereocenters. The Hall–Kier alpha value is -1.25. The number of nitrogens with one attached hydrogen (secondary N) is 2. The van der Waals surface area contributed by atoms with Gasteiger partial charge in [0.05, 0.1) is 17.6 Å². The smallest absolute Gasteiger partial charge is 0.0762 e. The number of aromatic nitrogens is 1. The van der Waals surface area contributed by atoms with Gasteiger partial charge in [0.15, 0.2) is 0 Å². The minimum absolute atomic E-state index is 0.706. The molecule has 82 valence electrons. The van der Waals surface area contributed by atoms with Crippen LogP contribution < -0.4 is 10.6 Å². The lowest BCUT2D eigenvalue weighted by molar-refractivity contribution is 0.444. The van der Waals surface area contributed by atoms with Gasteiger partial charge in [-0.1, -0.05) is 13.8 Å². The van der Waals surface area contributed by atoms with Crippen LogP contribution >= 0.6 is 0 Å². The molecule has 0 saturated carbocycles. The summed E-state index contributed by atoms with van der Waals surface area (Å²) in [5.74, 6) is 1.47. The van der Waals surface area contributed by atoms with Crippen molar-refractivity contribution in [1.29, 1.82) is 0 Å². The minimum Gasteiger partial charge on any atom is -0.383 e. The Morgan fingerprint density at radius 2 is 2.07 bits per heavy atom. The topological polar surface area (TPSA) is 37.0 Å². The lowest BCUT2D eigenvalue weighted by Gasteiger charge is -2.16. The normalized spacial score (nSPS) is 20.1. The number of hydrogen-bond donors (Lipinski definition) is 2. The van der Waals surface area contributed by atoms with E-state index in [9.17, 15) is 0 Å². The molecule has 0 aliphatic carbocycles. The number of hydrogen-bond acceptors (Lipinski definition) is 3. The van der Waals surface area contributed by atoms with Crippen molar-refractivity contribution in [1.82, 2.24) is 4.98 Å². The Labute approximate surface area is 91.3 Å². The van der Waals surface area contributed by atoms with Gasteiger partial charge in [0.1, 0.15) is 0 Å². The predicted molar refractivity (Wildman–Crippen MR) is 64.2 cm³/mol. The van der Waals surface area contributed by atoms with Crippen LogP contribution in [0.1, 0.15) is 20.3 Å². The van der Waals surface area contributed by atoms with E-state index in [4.69, 9.17) is 0 Å². The molecule has 1 aliphatic heterocycles. The van der Waals surface area contributed by atoms with E-state index in [1.54, 1.807) is 0 Å². The highest BCUT2D eigenvalue weighted by Crippen LogP contribution is 2.24. The quantitative estimate of drug-likeness (QED) is 0.779. The van der Waals surface area contributed by atoms with Gasteiger partial charge in [0, 0.05) is 19.3 Å². The first-order valence-electron chi connectivity index (χ1n) is 5.67. The van der Waals surface area contributed by atoms with Crippen molar-refractivity contribution < 1.29 is 0 Å². The molecule has 0 bridgehead atoms. The molecule has 3 nitrogen and oxygen atoms in total. The SMILES string of the molecule is CC(C)CC1CNc2ccncc2NC1. The monoisotopic (exact) mass is 205 g/mol. The molecular formula is C12H19N3. The fourth-order valence-corrected chi connectivity index (χ4v) is 2.10. The van der Waals surface area contributed by atoms with Crippen molar-refractivity contribution in [2.75, 3.05) is 23.7 Å². The lowest BCUT2D eigenvalue weighted by atomic mass is 9.97. The highest BCUT2D eigenvalue weighted by atomic mass is 15.0. The molecule has 1 aliphatic rings. The van der Waals surface area contributed by atoms with Gasteiger partial charge in [-0.2, -0.15) is 0 Å². The zero-order valence-corrected chi connectivity index (χ0v) is 9.46. The zero-order valence-electron chi connectivity index (χ0n) is 9.46. The number of rotatable bonds is 2. The average Bonchev–Trinajstić information content (AvgIpc) is 2.41. The van der Waals surface area contributed by atoms with Crippen LogP contribution in [0.2, 0.25) is 0 Å². The third-order valence-electron chi connectivity index (χ3n) is 2.79. The van der Waals surface area contributed by atoms with E-state index in [1.165, 1.54) is 12.1 Å². The second-order valence-corrected chi connectivity index (χ2v) is 4.68. The van der Waals surface area contributed by atoms with Crippen LogP contribution in [0.15, 0.2) is 18.5 Å². The molecular weight excluding hydrogens is 186 g/mol. The summed E-state index contributed by atoms with van der Waals surface area (Å²) in [6, 6.07) is 2.03. The highest BCUT2D eigenvalue weighted by molar-refractivity contribution is 5.67. The molecule has 2 rings (SSSR count). The molecule has 2 heterocycles. The average molecular weight is 205 g/mol. The van der Waals surface area contributed by atoms with Crippen molar-refractivity contribution >= 4 is 11.4 Å².